The van der Waals surface area contributed by atoms with E-state index in [2.05, 4.69) is 15.5 Å². The molecule has 2 aromatic rings. The van der Waals surface area contributed by atoms with Crippen molar-refractivity contribution in [1.82, 2.24) is 15.1 Å². The quantitative estimate of drug-likeness (QED) is 0.843. The van der Waals surface area contributed by atoms with E-state index in [1.165, 1.54) is 7.11 Å². The van der Waals surface area contributed by atoms with E-state index in [0.717, 1.165) is 36.7 Å². The normalized spacial score (nSPS) is 18.8. The van der Waals surface area contributed by atoms with Crippen LogP contribution in [0.1, 0.15) is 29.6 Å². The summed E-state index contributed by atoms with van der Waals surface area (Å²) >= 11 is 0. The van der Waals surface area contributed by atoms with Gasteiger partial charge in [-0.05, 0) is 38.6 Å². The molecule has 0 aliphatic carbocycles. The van der Waals surface area contributed by atoms with Crippen LogP contribution in [0.4, 0.5) is 5.69 Å². The number of piperidine rings is 1. The largest absolute Gasteiger partial charge is 0.465 e. The average Bonchev–Trinajstić information content (AvgIpc) is 3.01. The monoisotopic (exact) mass is 316 g/mol. The van der Waals surface area contributed by atoms with Gasteiger partial charge in [0.05, 0.1) is 36.1 Å². The van der Waals surface area contributed by atoms with Gasteiger partial charge in [-0.2, -0.15) is 5.10 Å². The molecule has 7 nitrogen and oxygen atoms in total. The molecule has 1 aliphatic rings. The van der Waals surface area contributed by atoms with Gasteiger partial charge in [-0.3, -0.25) is 14.8 Å². The third-order valence-electron chi connectivity index (χ3n) is 4.31. The topological polar surface area (TPSA) is 87.3 Å². The Morgan fingerprint density at radius 2 is 2.22 bits per heavy atom. The van der Waals surface area contributed by atoms with Crippen LogP contribution in [0.3, 0.4) is 0 Å². The molecule has 0 radical (unpaired) electrons. The number of amides is 1. The zero-order valence-corrected chi connectivity index (χ0v) is 13.3. The second kappa shape index (κ2) is 6.37. The maximum atomic E-state index is 12.6. The molecule has 1 aromatic heterocycles. The number of nitrogens with zero attached hydrogens (tertiary/aromatic N) is 2. The minimum atomic E-state index is -0.492. The summed E-state index contributed by atoms with van der Waals surface area (Å²) in [5.41, 5.74) is 1.49. The van der Waals surface area contributed by atoms with Crippen LogP contribution >= 0.6 is 0 Å². The highest BCUT2D eigenvalue weighted by Crippen LogP contribution is 2.25. The first-order valence-corrected chi connectivity index (χ1v) is 7.66. The third-order valence-corrected chi connectivity index (χ3v) is 4.31. The Hall–Kier alpha value is -2.41. The Morgan fingerprint density at radius 3 is 2.96 bits per heavy atom. The van der Waals surface area contributed by atoms with Gasteiger partial charge in [0, 0.05) is 5.39 Å². The Labute approximate surface area is 134 Å². The number of aromatic nitrogens is 2. The summed E-state index contributed by atoms with van der Waals surface area (Å²) in [5, 5.41) is 10.5. The number of likely N-dealkylation sites (tertiary alicyclic amines) is 1. The van der Waals surface area contributed by atoms with Crippen LogP contribution in [0.25, 0.3) is 10.9 Å². The van der Waals surface area contributed by atoms with Gasteiger partial charge in [0.15, 0.2) is 0 Å². The maximum absolute atomic E-state index is 12.6. The molecule has 1 fully saturated rings. The molecule has 1 atom stereocenters. The number of ether oxygens (including phenoxy) is 1. The van der Waals surface area contributed by atoms with Gasteiger partial charge in [-0.15, -0.1) is 0 Å². The fraction of sp³-hybridized carbons (Fsp3) is 0.438. The summed E-state index contributed by atoms with van der Waals surface area (Å²) in [6.45, 7) is 0.905. The lowest BCUT2D eigenvalue weighted by atomic mass is 10.0. The van der Waals surface area contributed by atoms with Crippen molar-refractivity contribution in [3.8, 4) is 0 Å². The van der Waals surface area contributed by atoms with E-state index in [0.29, 0.717) is 11.3 Å². The number of nitrogens with one attached hydrogen (secondary N) is 2. The number of anilines is 1. The standard InChI is InChI=1S/C16H20N4O3/c1-20-6-4-3-5-14(20)15(21)18-13-7-10-9-17-19-12(10)8-11(13)16(22)23-2/h7-9,14H,3-6H2,1-2H3,(H,17,19)(H,18,21). The molecular weight excluding hydrogens is 296 g/mol. The number of hydrogen-bond acceptors (Lipinski definition) is 5. The Bertz CT molecular complexity index is 740. The van der Waals surface area contributed by atoms with Crippen LogP contribution < -0.4 is 5.32 Å². The summed E-state index contributed by atoms with van der Waals surface area (Å²) in [4.78, 5) is 26.6. The molecular formula is C16H20N4O3. The highest BCUT2D eigenvalue weighted by atomic mass is 16.5. The highest BCUT2D eigenvalue weighted by molar-refractivity contribution is 6.06. The van der Waals surface area contributed by atoms with Gasteiger partial charge in [-0.1, -0.05) is 6.42 Å². The van der Waals surface area contributed by atoms with Crippen molar-refractivity contribution in [3.63, 3.8) is 0 Å². The van der Waals surface area contributed by atoms with E-state index in [1.54, 1.807) is 18.3 Å². The molecule has 0 bridgehead atoms. The van der Waals surface area contributed by atoms with E-state index in [4.69, 9.17) is 4.74 Å². The molecule has 2 N–H and O–H groups in total. The molecule has 3 rings (SSSR count). The van der Waals surface area contributed by atoms with E-state index >= 15 is 0 Å². The number of methoxy groups -OCH3 is 1. The number of hydrogen-bond donors (Lipinski definition) is 2. The van der Waals surface area contributed by atoms with Gasteiger partial charge in [0.2, 0.25) is 5.91 Å². The molecule has 1 aliphatic heterocycles. The zero-order chi connectivity index (χ0) is 16.4. The minimum absolute atomic E-state index is 0.0970. The van der Waals surface area contributed by atoms with Crippen molar-refractivity contribution < 1.29 is 14.3 Å². The summed E-state index contributed by atoms with van der Waals surface area (Å²) < 4.78 is 4.82. The van der Waals surface area contributed by atoms with Crippen molar-refractivity contribution in [1.29, 1.82) is 0 Å². The number of fused-ring (bicyclic) bond motifs is 1. The number of carbonyl (C=O) groups excluding carboxylic acids is 2. The summed E-state index contributed by atoms with van der Waals surface area (Å²) in [6.07, 6.45) is 4.62. The van der Waals surface area contributed by atoms with Crippen LogP contribution in [0, 0.1) is 0 Å². The molecule has 2 heterocycles. The predicted molar refractivity (Wildman–Crippen MR) is 86.3 cm³/mol. The molecule has 1 aromatic carbocycles. The van der Waals surface area contributed by atoms with Crippen LogP contribution in [0.15, 0.2) is 18.3 Å². The fourth-order valence-corrected chi connectivity index (χ4v) is 3.00. The highest BCUT2D eigenvalue weighted by Gasteiger charge is 2.27. The van der Waals surface area contributed by atoms with E-state index < -0.39 is 5.97 Å². The van der Waals surface area contributed by atoms with Crippen LogP contribution in [0.2, 0.25) is 0 Å². The fourth-order valence-electron chi connectivity index (χ4n) is 3.00. The van der Waals surface area contributed by atoms with Crippen LogP contribution in [-0.2, 0) is 9.53 Å². The maximum Gasteiger partial charge on any atom is 0.340 e. The number of likely N-dealkylation sites (N-methyl/N-ethyl adjacent to an activating group) is 1. The van der Waals surface area contributed by atoms with E-state index in [9.17, 15) is 9.59 Å². The number of aromatic amines is 1. The third kappa shape index (κ3) is 3.05. The van der Waals surface area contributed by atoms with Gasteiger partial charge in [0.25, 0.3) is 0 Å². The summed E-state index contributed by atoms with van der Waals surface area (Å²) in [6, 6.07) is 3.22. The number of esters is 1. The molecule has 7 heteroatoms. The lowest BCUT2D eigenvalue weighted by molar-refractivity contribution is -0.121. The Morgan fingerprint density at radius 1 is 1.39 bits per heavy atom. The minimum Gasteiger partial charge on any atom is -0.465 e. The summed E-state index contributed by atoms with van der Waals surface area (Å²) in [5.74, 6) is -0.589. The SMILES string of the molecule is COC(=O)c1cc2[nH]ncc2cc1NC(=O)C1CCCCN1C. The van der Waals surface area contributed by atoms with Gasteiger partial charge < -0.3 is 10.1 Å². The molecule has 1 unspecified atom stereocenters. The number of carbonyl (C=O) groups is 2. The van der Waals surface area contributed by atoms with Crippen LogP contribution in [0.5, 0.6) is 0 Å². The first-order chi connectivity index (χ1) is 11.1. The molecule has 0 saturated carbocycles. The van der Waals surface area contributed by atoms with Gasteiger partial charge in [-0.25, -0.2) is 4.79 Å². The second-order valence-corrected chi connectivity index (χ2v) is 5.83. The van der Waals surface area contributed by atoms with Crippen molar-refractivity contribution >= 4 is 28.5 Å². The Balaban J connectivity index is 1.91. The Kier molecular flexibility index (Phi) is 4.29. The first-order valence-electron chi connectivity index (χ1n) is 7.66. The van der Waals surface area contributed by atoms with E-state index in [1.807, 2.05) is 11.9 Å². The van der Waals surface area contributed by atoms with Gasteiger partial charge >= 0.3 is 5.97 Å². The first kappa shape index (κ1) is 15.5. The zero-order valence-electron chi connectivity index (χ0n) is 13.3. The number of rotatable bonds is 3. The molecule has 122 valence electrons. The van der Waals surface area contributed by atoms with Crippen molar-refractivity contribution in [2.75, 3.05) is 26.0 Å². The number of H-pyrrole nitrogens is 1. The lowest BCUT2D eigenvalue weighted by Crippen LogP contribution is -2.44. The molecule has 1 saturated heterocycles. The predicted octanol–water partition coefficient (Wildman–Crippen LogP) is 1.77. The van der Waals surface area contributed by atoms with Crippen molar-refractivity contribution in [2.45, 2.75) is 25.3 Å². The van der Waals surface area contributed by atoms with Crippen LogP contribution in [-0.4, -0.2) is 53.7 Å². The van der Waals surface area contributed by atoms with Crippen molar-refractivity contribution in [2.24, 2.45) is 0 Å². The van der Waals surface area contributed by atoms with E-state index in [-0.39, 0.29) is 11.9 Å². The lowest BCUT2D eigenvalue weighted by Gasteiger charge is -2.31. The second-order valence-electron chi connectivity index (χ2n) is 5.83. The van der Waals surface area contributed by atoms with Gasteiger partial charge in [0.1, 0.15) is 0 Å². The molecule has 23 heavy (non-hydrogen) atoms. The average molecular weight is 316 g/mol. The summed E-state index contributed by atoms with van der Waals surface area (Å²) in [7, 11) is 3.27. The number of benzene rings is 1. The van der Waals surface area contributed by atoms with Crippen molar-refractivity contribution in [3.05, 3.63) is 23.9 Å². The molecule has 0 spiro atoms. The molecule has 1 amide bonds. The smallest absolute Gasteiger partial charge is 0.340 e.